The topological polar surface area (TPSA) is 72.8 Å². The molecule has 0 saturated heterocycles. The second kappa shape index (κ2) is 8.26. The molecule has 0 fully saturated rings. The van der Waals surface area contributed by atoms with Gasteiger partial charge in [0, 0.05) is 23.4 Å². The van der Waals surface area contributed by atoms with Crippen LogP contribution in [-0.4, -0.2) is 31.3 Å². The Morgan fingerprint density at radius 1 is 1.15 bits per heavy atom. The van der Waals surface area contributed by atoms with Gasteiger partial charge in [0.05, 0.1) is 25.5 Å². The second-order valence-electron chi connectivity index (χ2n) is 5.15. The van der Waals surface area contributed by atoms with Crippen molar-refractivity contribution in [3.05, 3.63) is 65.2 Å². The lowest BCUT2D eigenvalue weighted by Gasteiger charge is -2.10. The number of rotatable bonds is 6. The Balaban J connectivity index is 1.89. The van der Waals surface area contributed by atoms with Crippen LogP contribution in [0.1, 0.15) is 15.9 Å². The Morgan fingerprint density at radius 3 is 2.73 bits per heavy atom. The number of para-hydroxylation sites is 2. The maximum absolute atomic E-state index is 12.5. The number of ether oxygens (including phenoxy) is 2. The number of hydrogen-bond acceptors (Lipinski definition) is 6. The number of amides is 1. The molecule has 2 aromatic carbocycles. The molecule has 0 saturated carbocycles. The molecule has 0 bridgehead atoms. The van der Waals surface area contributed by atoms with Crippen molar-refractivity contribution >= 4 is 34.3 Å². The van der Waals surface area contributed by atoms with Crippen LogP contribution < -0.4 is 14.8 Å². The van der Waals surface area contributed by atoms with Crippen molar-refractivity contribution in [2.24, 2.45) is 4.99 Å². The van der Waals surface area contributed by atoms with Crippen molar-refractivity contribution in [3.8, 4) is 11.5 Å². The summed E-state index contributed by atoms with van der Waals surface area (Å²) in [7, 11) is 3.15. The third-order valence-corrected chi connectivity index (χ3v) is 4.27. The molecule has 0 aliphatic heterocycles. The highest BCUT2D eigenvalue weighted by atomic mass is 32.1. The third-order valence-electron chi connectivity index (χ3n) is 3.58. The fraction of sp³-hybridized carbons (Fsp3) is 0.105. The first-order valence-electron chi connectivity index (χ1n) is 7.78. The minimum absolute atomic E-state index is 0.259. The minimum atomic E-state index is -0.259. The van der Waals surface area contributed by atoms with Gasteiger partial charge in [-0.3, -0.25) is 15.1 Å². The number of thiazole rings is 1. The molecule has 0 atom stereocenters. The first-order valence-corrected chi connectivity index (χ1v) is 8.66. The molecule has 0 unspecified atom stereocenters. The molecular weight excluding hydrogens is 350 g/mol. The summed E-state index contributed by atoms with van der Waals surface area (Å²) >= 11 is 1.36. The highest BCUT2D eigenvalue weighted by Crippen LogP contribution is 2.30. The van der Waals surface area contributed by atoms with E-state index in [1.165, 1.54) is 11.3 Å². The van der Waals surface area contributed by atoms with Gasteiger partial charge in [0.15, 0.2) is 16.6 Å². The van der Waals surface area contributed by atoms with Crippen LogP contribution in [0.15, 0.2) is 59.0 Å². The molecule has 0 aliphatic rings. The molecule has 1 amide bonds. The molecule has 7 heteroatoms. The number of carbonyl (C=O) groups is 1. The lowest BCUT2D eigenvalue weighted by atomic mass is 10.1. The van der Waals surface area contributed by atoms with Crippen LogP contribution in [0.2, 0.25) is 0 Å². The zero-order valence-corrected chi connectivity index (χ0v) is 15.1. The van der Waals surface area contributed by atoms with E-state index in [1.54, 1.807) is 50.2 Å². The zero-order valence-electron chi connectivity index (χ0n) is 14.3. The number of nitrogens with one attached hydrogen (secondary N) is 1. The van der Waals surface area contributed by atoms with Crippen molar-refractivity contribution in [3.63, 3.8) is 0 Å². The van der Waals surface area contributed by atoms with Gasteiger partial charge in [-0.15, -0.1) is 11.3 Å². The van der Waals surface area contributed by atoms with Crippen LogP contribution in [0.3, 0.4) is 0 Å². The predicted octanol–water partition coefficient (Wildman–Crippen LogP) is 4.16. The van der Waals surface area contributed by atoms with E-state index >= 15 is 0 Å². The number of aliphatic imine (C=N–C) groups is 1. The number of methoxy groups -OCH3 is 2. The SMILES string of the molecule is COc1cccc(C=Nc2ccccc2C(=O)Nc2nccs2)c1OC. The van der Waals surface area contributed by atoms with E-state index in [2.05, 4.69) is 15.3 Å². The Morgan fingerprint density at radius 2 is 2.00 bits per heavy atom. The van der Waals surface area contributed by atoms with Gasteiger partial charge in [0.2, 0.25) is 0 Å². The quantitative estimate of drug-likeness (QED) is 0.664. The highest BCUT2D eigenvalue weighted by molar-refractivity contribution is 7.13. The van der Waals surface area contributed by atoms with Crippen LogP contribution in [0, 0.1) is 0 Å². The maximum Gasteiger partial charge on any atom is 0.259 e. The van der Waals surface area contributed by atoms with E-state index in [9.17, 15) is 4.79 Å². The van der Waals surface area contributed by atoms with Crippen molar-refractivity contribution in [2.75, 3.05) is 19.5 Å². The molecule has 0 aliphatic carbocycles. The Bertz CT molecular complexity index is 924. The molecule has 1 aromatic heterocycles. The van der Waals surface area contributed by atoms with Gasteiger partial charge >= 0.3 is 0 Å². The van der Waals surface area contributed by atoms with Gasteiger partial charge in [-0.25, -0.2) is 4.98 Å². The molecule has 1 N–H and O–H groups in total. The first-order chi connectivity index (χ1) is 12.7. The molecule has 26 heavy (non-hydrogen) atoms. The molecule has 3 aromatic rings. The first kappa shape index (κ1) is 17.6. The summed E-state index contributed by atoms with van der Waals surface area (Å²) in [6.07, 6.45) is 3.29. The number of hydrogen-bond donors (Lipinski definition) is 1. The van der Waals surface area contributed by atoms with Gasteiger partial charge in [0.25, 0.3) is 5.91 Å². The smallest absolute Gasteiger partial charge is 0.259 e. The van der Waals surface area contributed by atoms with E-state index in [4.69, 9.17) is 9.47 Å². The fourth-order valence-corrected chi connectivity index (χ4v) is 2.90. The lowest BCUT2D eigenvalue weighted by Crippen LogP contribution is -2.11. The van der Waals surface area contributed by atoms with Crippen LogP contribution in [-0.2, 0) is 0 Å². The van der Waals surface area contributed by atoms with E-state index in [0.29, 0.717) is 27.9 Å². The predicted molar refractivity (Wildman–Crippen MR) is 103 cm³/mol. The van der Waals surface area contributed by atoms with Crippen molar-refractivity contribution in [2.45, 2.75) is 0 Å². The average Bonchev–Trinajstić information content (AvgIpc) is 3.19. The van der Waals surface area contributed by atoms with E-state index < -0.39 is 0 Å². The number of benzene rings is 2. The molecule has 3 rings (SSSR count). The maximum atomic E-state index is 12.5. The average molecular weight is 367 g/mol. The van der Waals surface area contributed by atoms with E-state index in [0.717, 1.165) is 5.56 Å². The molecule has 6 nitrogen and oxygen atoms in total. The molecule has 1 heterocycles. The zero-order chi connectivity index (χ0) is 18.4. The Hall–Kier alpha value is -3.19. The Kier molecular flexibility index (Phi) is 5.60. The van der Waals surface area contributed by atoms with Gasteiger partial charge in [-0.2, -0.15) is 0 Å². The summed E-state index contributed by atoms with van der Waals surface area (Å²) in [5.74, 6) is 0.944. The third kappa shape index (κ3) is 3.89. The summed E-state index contributed by atoms with van der Waals surface area (Å²) in [5, 5.41) is 5.11. The molecule has 0 radical (unpaired) electrons. The van der Waals surface area contributed by atoms with Crippen LogP contribution in [0.5, 0.6) is 11.5 Å². The molecule has 0 spiro atoms. The van der Waals surface area contributed by atoms with Crippen LogP contribution in [0.4, 0.5) is 10.8 Å². The second-order valence-corrected chi connectivity index (χ2v) is 6.04. The van der Waals surface area contributed by atoms with E-state index in [-0.39, 0.29) is 5.91 Å². The standard InChI is InChI=1S/C19H17N3O3S/c1-24-16-9-5-6-13(17(16)25-2)12-21-15-8-4-3-7-14(15)18(23)22-19-20-10-11-26-19/h3-12H,1-2H3,(H,20,22,23). The summed E-state index contributed by atoms with van der Waals surface area (Å²) in [4.78, 5) is 21.0. The van der Waals surface area contributed by atoms with Gasteiger partial charge < -0.3 is 9.47 Å². The largest absolute Gasteiger partial charge is 0.493 e. The van der Waals surface area contributed by atoms with Crippen LogP contribution >= 0.6 is 11.3 Å². The normalized spacial score (nSPS) is 10.7. The van der Waals surface area contributed by atoms with Crippen molar-refractivity contribution in [1.29, 1.82) is 0 Å². The van der Waals surface area contributed by atoms with Gasteiger partial charge in [-0.1, -0.05) is 18.2 Å². The number of anilines is 1. The monoisotopic (exact) mass is 367 g/mol. The van der Waals surface area contributed by atoms with E-state index in [1.807, 2.05) is 24.3 Å². The minimum Gasteiger partial charge on any atom is -0.493 e. The van der Waals surface area contributed by atoms with Gasteiger partial charge in [-0.05, 0) is 24.3 Å². The highest BCUT2D eigenvalue weighted by Gasteiger charge is 2.12. The number of carbonyl (C=O) groups excluding carboxylic acids is 1. The summed E-state index contributed by atoms with van der Waals surface area (Å²) in [6, 6.07) is 12.6. The summed E-state index contributed by atoms with van der Waals surface area (Å²) < 4.78 is 10.7. The Labute approximate surface area is 155 Å². The summed E-state index contributed by atoms with van der Waals surface area (Å²) in [6.45, 7) is 0. The number of nitrogens with zero attached hydrogens (tertiary/aromatic N) is 2. The lowest BCUT2D eigenvalue weighted by molar-refractivity contribution is 0.102. The molecule has 132 valence electrons. The van der Waals surface area contributed by atoms with Crippen molar-refractivity contribution < 1.29 is 14.3 Å². The molecular formula is C19H17N3O3S. The van der Waals surface area contributed by atoms with Crippen molar-refractivity contribution in [1.82, 2.24) is 4.98 Å². The van der Waals surface area contributed by atoms with Gasteiger partial charge in [0.1, 0.15) is 0 Å². The fourth-order valence-electron chi connectivity index (χ4n) is 2.38. The van der Waals surface area contributed by atoms with Crippen LogP contribution in [0.25, 0.3) is 0 Å². The summed E-state index contributed by atoms with van der Waals surface area (Å²) in [5.41, 5.74) is 1.76. The number of aromatic nitrogens is 1.